The molecule has 4 heteroatoms. The van der Waals surface area contributed by atoms with E-state index < -0.39 is 6.10 Å². The van der Waals surface area contributed by atoms with Crippen molar-refractivity contribution >= 4 is 16.5 Å². The summed E-state index contributed by atoms with van der Waals surface area (Å²) >= 11 is 1.56. The molecule has 0 fully saturated rings. The molecule has 1 aromatic heterocycles. The Morgan fingerprint density at radius 2 is 2.22 bits per heavy atom. The molecule has 1 aromatic carbocycles. The highest BCUT2D eigenvalue weighted by molar-refractivity contribution is 7.13. The van der Waals surface area contributed by atoms with E-state index >= 15 is 0 Å². The minimum Gasteiger partial charge on any atom is -0.387 e. The van der Waals surface area contributed by atoms with Crippen LogP contribution >= 0.6 is 11.3 Å². The van der Waals surface area contributed by atoms with Crippen LogP contribution in [-0.4, -0.2) is 17.1 Å². The van der Waals surface area contributed by atoms with Gasteiger partial charge in [0.2, 0.25) is 0 Å². The van der Waals surface area contributed by atoms with Crippen molar-refractivity contribution in [2.45, 2.75) is 26.5 Å². The van der Waals surface area contributed by atoms with Crippen molar-refractivity contribution in [2.24, 2.45) is 0 Å². The number of hydrogen-bond donors (Lipinski definition) is 1. The van der Waals surface area contributed by atoms with Crippen LogP contribution in [0.3, 0.4) is 0 Å². The summed E-state index contributed by atoms with van der Waals surface area (Å²) in [5.74, 6) is 0. The Morgan fingerprint density at radius 1 is 1.44 bits per heavy atom. The summed E-state index contributed by atoms with van der Waals surface area (Å²) in [5.41, 5.74) is 3.28. The molecule has 96 valence electrons. The molecule has 0 aliphatic rings. The molecular weight excluding hydrogens is 244 g/mol. The fraction of sp³-hybridized carbons (Fsp3) is 0.357. The standard InChI is InChI=1S/C14H18N2OS/c1-10-5-4-6-12(7-10)8-16(3)14-15-13(9-18-14)11(2)17/h4-7,9,11,17H,8H2,1-3H3. The number of benzene rings is 1. The van der Waals surface area contributed by atoms with E-state index in [1.54, 1.807) is 18.3 Å². The van der Waals surface area contributed by atoms with Crippen molar-refractivity contribution in [3.8, 4) is 0 Å². The summed E-state index contributed by atoms with van der Waals surface area (Å²) in [6, 6.07) is 8.46. The zero-order valence-corrected chi connectivity index (χ0v) is 11.7. The zero-order chi connectivity index (χ0) is 13.1. The maximum absolute atomic E-state index is 9.47. The Morgan fingerprint density at radius 3 is 2.83 bits per heavy atom. The fourth-order valence-corrected chi connectivity index (χ4v) is 2.67. The number of aromatic nitrogens is 1. The van der Waals surface area contributed by atoms with E-state index in [-0.39, 0.29) is 0 Å². The van der Waals surface area contributed by atoms with E-state index in [0.29, 0.717) is 0 Å². The summed E-state index contributed by atoms with van der Waals surface area (Å²) < 4.78 is 0. The lowest BCUT2D eigenvalue weighted by Gasteiger charge is -2.16. The first-order valence-electron chi connectivity index (χ1n) is 5.96. The van der Waals surface area contributed by atoms with E-state index in [9.17, 15) is 5.11 Å². The molecule has 0 amide bonds. The maximum Gasteiger partial charge on any atom is 0.185 e. The third-order valence-corrected chi connectivity index (χ3v) is 3.74. The predicted molar refractivity (Wildman–Crippen MR) is 76.0 cm³/mol. The number of thiazole rings is 1. The molecule has 2 aromatic rings. The second-order valence-electron chi connectivity index (χ2n) is 4.58. The fourth-order valence-electron chi connectivity index (χ4n) is 1.80. The van der Waals surface area contributed by atoms with Gasteiger partial charge < -0.3 is 10.0 Å². The van der Waals surface area contributed by atoms with Gasteiger partial charge >= 0.3 is 0 Å². The number of nitrogens with zero attached hydrogens (tertiary/aromatic N) is 2. The number of aliphatic hydroxyl groups excluding tert-OH is 1. The van der Waals surface area contributed by atoms with Crippen LogP contribution in [0.15, 0.2) is 29.6 Å². The van der Waals surface area contributed by atoms with Crippen molar-refractivity contribution in [3.05, 3.63) is 46.5 Å². The van der Waals surface area contributed by atoms with E-state index in [4.69, 9.17) is 0 Å². The van der Waals surface area contributed by atoms with Gasteiger partial charge in [-0.25, -0.2) is 4.98 Å². The third-order valence-electron chi connectivity index (χ3n) is 2.77. The summed E-state index contributed by atoms with van der Waals surface area (Å²) in [6.45, 7) is 4.66. The van der Waals surface area contributed by atoms with Crippen LogP contribution in [0.5, 0.6) is 0 Å². The van der Waals surface area contributed by atoms with E-state index in [1.165, 1.54) is 11.1 Å². The molecular formula is C14H18N2OS. The van der Waals surface area contributed by atoms with E-state index in [1.807, 2.05) is 12.4 Å². The van der Waals surface area contributed by atoms with E-state index in [2.05, 4.69) is 41.1 Å². The highest BCUT2D eigenvalue weighted by Gasteiger charge is 2.10. The van der Waals surface area contributed by atoms with Crippen LogP contribution < -0.4 is 4.90 Å². The summed E-state index contributed by atoms with van der Waals surface area (Å²) in [6.07, 6.45) is -0.498. The van der Waals surface area contributed by atoms with Gasteiger partial charge in [0.15, 0.2) is 5.13 Å². The number of anilines is 1. The number of aryl methyl sites for hydroxylation is 1. The van der Waals surface area contributed by atoms with Crippen molar-refractivity contribution in [3.63, 3.8) is 0 Å². The molecule has 1 N–H and O–H groups in total. The molecule has 0 aliphatic carbocycles. The first kappa shape index (κ1) is 13.1. The van der Waals surface area contributed by atoms with Crippen LogP contribution in [0.25, 0.3) is 0 Å². The van der Waals surface area contributed by atoms with Gasteiger partial charge in [-0.2, -0.15) is 0 Å². The van der Waals surface area contributed by atoms with E-state index in [0.717, 1.165) is 17.4 Å². The highest BCUT2D eigenvalue weighted by Crippen LogP contribution is 2.24. The molecule has 18 heavy (non-hydrogen) atoms. The molecule has 0 radical (unpaired) electrons. The lowest BCUT2D eigenvalue weighted by Crippen LogP contribution is -2.16. The number of aliphatic hydroxyl groups is 1. The molecule has 0 aliphatic heterocycles. The van der Waals surface area contributed by atoms with Gasteiger partial charge in [0.05, 0.1) is 11.8 Å². The van der Waals surface area contributed by atoms with Crippen LogP contribution in [0.1, 0.15) is 29.8 Å². The van der Waals surface area contributed by atoms with Gasteiger partial charge in [0.1, 0.15) is 0 Å². The van der Waals surface area contributed by atoms with Gasteiger partial charge in [0, 0.05) is 19.0 Å². The molecule has 1 heterocycles. The molecule has 1 atom stereocenters. The van der Waals surface area contributed by atoms with Gasteiger partial charge in [-0.3, -0.25) is 0 Å². The lowest BCUT2D eigenvalue weighted by atomic mass is 10.1. The second kappa shape index (κ2) is 5.50. The molecule has 0 saturated heterocycles. The molecule has 0 spiro atoms. The quantitative estimate of drug-likeness (QED) is 0.919. The highest BCUT2D eigenvalue weighted by atomic mass is 32.1. The normalized spacial score (nSPS) is 12.4. The molecule has 0 saturated carbocycles. The first-order chi connectivity index (χ1) is 8.56. The molecule has 1 unspecified atom stereocenters. The SMILES string of the molecule is Cc1cccc(CN(C)c2nc(C(C)O)cs2)c1. The zero-order valence-electron chi connectivity index (χ0n) is 10.9. The van der Waals surface area contributed by atoms with Crippen molar-refractivity contribution in [2.75, 3.05) is 11.9 Å². The van der Waals surface area contributed by atoms with Gasteiger partial charge in [-0.15, -0.1) is 11.3 Å². The van der Waals surface area contributed by atoms with Gasteiger partial charge in [-0.1, -0.05) is 29.8 Å². The Labute approximate surface area is 112 Å². The Kier molecular flexibility index (Phi) is 3.99. The lowest BCUT2D eigenvalue weighted by molar-refractivity contribution is 0.195. The number of rotatable bonds is 4. The second-order valence-corrected chi connectivity index (χ2v) is 5.41. The summed E-state index contributed by atoms with van der Waals surface area (Å²) in [4.78, 5) is 6.53. The smallest absolute Gasteiger partial charge is 0.185 e. The summed E-state index contributed by atoms with van der Waals surface area (Å²) in [7, 11) is 2.02. The van der Waals surface area contributed by atoms with Crippen LogP contribution in [0.2, 0.25) is 0 Å². The largest absolute Gasteiger partial charge is 0.387 e. The van der Waals surface area contributed by atoms with Crippen LogP contribution in [-0.2, 0) is 6.54 Å². The predicted octanol–water partition coefficient (Wildman–Crippen LogP) is 3.14. The average molecular weight is 262 g/mol. The van der Waals surface area contributed by atoms with Crippen LogP contribution in [0, 0.1) is 6.92 Å². The van der Waals surface area contributed by atoms with Crippen molar-refractivity contribution in [1.82, 2.24) is 4.98 Å². The summed E-state index contributed by atoms with van der Waals surface area (Å²) in [5, 5.41) is 12.3. The monoisotopic (exact) mass is 262 g/mol. The van der Waals surface area contributed by atoms with Crippen LogP contribution in [0.4, 0.5) is 5.13 Å². The third kappa shape index (κ3) is 3.09. The Bertz CT molecular complexity index is 522. The Balaban J connectivity index is 2.09. The first-order valence-corrected chi connectivity index (χ1v) is 6.84. The molecule has 2 rings (SSSR count). The van der Waals surface area contributed by atoms with Gasteiger partial charge in [0.25, 0.3) is 0 Å². The number of hydrogen-bond acceptors (Lipinski definition) is 4. The average Bonchev–Trinajstić information content (AvgIpc) is 2.78. The maximum atomic E-state index is 9.47. The van der Waals surface area contributed by atoms with Gasteiger partial charge in [-0.05, 0) is 19.4 Å². The topological polar surface area (TPSA) is 36.4 Å². The minimum atomic E-state index is -0.498. The Hall–Kier alpha value is -1.39. The van der Waals surface area contributed by atoms with Crippen molar-refractivity contribution in [1.29, 1.82) is 0 Å². The minimum absolute atomic E-state index is 0.498. The molecule has 0 bridgehead atoms. The van der Waals surface area contributed by atoms with Crippen molar-refractivity contribution < 1.29 is 5.11 Å². The molecule has 3 nitrogen and oxygen atoms in total.